The van der Waals surface area contributed by atoms with Crippen LogP contribution in [0.2, 0.25) is 0 Å². The van der Waals surface area contributed by atoms with Crippen molar-refractivity contribution >= 4 is 37.8 Å². The zero-order chi connectivity index (χ0) is 10.0. The molecule has 0 amide bonds. The van der Waals surface area contributed by atoms with E-state index in [0.717, 1.165) is 16.6 Å². The number of carbonyl (C=O) groups is 1. The van der Waals surface area contributed by atoms with Crippen LogP contribution in [0.1, 0.15) is 19.9 Å². The summed E-state index contributed by atoms with van der Waals surface area (Å²) in [5, 5.41) is 12.6. The third-order valence-electron chi connectivity index (χ3n) is 1.57. The number of aromatic nitrogens is 2. The van der Waals surface area contributed by atoms with Crippen molar-refractivity contribution in [1.82, 2.24) is 9.78 Å². The van der Waals surface area contributed by atoms with E-state index >= 15 is 0 Å². The maximum atomic E-state index is 10.4. The summed E-state index contributed by atoms with van der Waals surface area (Å²) in [6.45, 7) is 1.86. The molecule has 0 aliphatic carbocycles. The van der Waals surface area contributed by atoms with Crippen LogP contribution in [0.4, 0.5) is 0 Å². The fourth-order valence-electron chi connectivity index (χ4n) is 0.976. The second kappa shape index (κ2) is 5.50. The second-order valence-electron chi connectivity index (χ2n) is 2.47. The highest BCUT2D eigenvalue weighted by Gasteiger charge is 2.13. The minimum Gasteiger partial charge on any atom is -0.480 e. The molecular formula is C8H12Br2N2O2. The Morgan fingerprint density at radius 3 is 2.50 bits per heavy atom. The zero-order valence-corrected chi connectivity index (χ0v) is 10.1. The maximum absolute atomic E-state index is 10.4. The third kappa shape index (κ3) is 2.81. The van der Waals surface area contributed by atoms with E-state index in [4.69, 9.17) is 5.11 Å². The van der Waals surface area contributed by atoms with Crippen molar-refractivity contribution in [2.24, 2.45) is 0 Å². The van der Waals surface area contributed by atoms with Gasteiger partial charge in [0.1, 0.15) is 15.8 Å². The summed E-state index contributed by atoms with van der Waals surface area (Å²) in [7, 11) is 0. The third-order valence-corrected chi connectivity index (χ3v) is 3.10. The normalized spacial score (nSPS) is 9.64. The van der Waals surface area contributed by atoms with Gasteiger partial charge in [0.05, 0.1) is 0 Å². The Labute approximate surface area is 99.6 Å². The van der Waals surface area contributed by atoms with E-state index < -0.39 is 5.97 Å². The molecule has 0 saturated carbocycles. The second-order valence-corrected chi connectivity index (χ2v) is 3.97. The lowest BCUT2D eigenvalue weighted by atomic mass is 10.3. The molecule has 80 valence electrons. The molecule has 0 saturated heterocycles. The number of nitrogens with zero attached hydrogens (tertiary/aromatic N) is 2. The van der Waals surface area contributed by atoms with Gasteiger partial charge in [-0.05, 0) is 38.3 Å². The van der Waals surface area contributed by atoms with Crippen LogP contribution < -0.4 is 0 Å². The van der Waals surface area contributed by atoms with Crippen molar-refractivity contribution < 1.29 is 9.90 Å². The molecule has 14 heavy (non-hydrogen) atoms. The van der Waals surface area contributed by atoms with Gasteiger partial charge in [0.25, 0.3) is 0 Å². The molecule has 0 spiro atoms. The van der Waals surface area contributed by atoms with Gasteiger partial charge in [-0.1, -0.05) is 14.4 Å². The molecule has 0 radical (unpaired) electrons. The fourth-order valence-corrected chi connectivity index (χ4v) is 2.57. The number of aliphatic carboxylic acids is 1. The molecule has 0 aliphatic rings. The number of rotatable bonds is 3. The van der Waals surface area contributed by atoms with Crippen molar-refractivity contribution in [1.29, 1.82) is 0 Å². The monoisotopic (exact) mass is 326 g/mol. The number of carboxylic acids is 1. The van der Waals surface area contributed by atoms with Gasteiger partial charge in [-0.2, -0.15) is 5.10 Å². The van der Waals surface area contributed by atoms with Gasteiger partial charge in [-0.25, -0.2) is 4.68 Å². The Morgan fingerprint density at radius 2 is 2.14 bits per heavy atom. The largest absolute Gasteiger partial charge is 0.480 e. The molecule has 1 heterocycles. The predicted octanol–water partition coefficient (Wildman–Crippen LogP) is 2.69. The fraction of sp³-hybridized carbons (Fsp3) is 0.500. The molecule has 1 N–H and O–H groups in total. The van der Waals surface area contributed by atoms with Gasteiger partial charge in [0, 0.05) is 5.56 Å². The Bertz CT molecular complexity index is 336. The molecule has 1 aromatic rings. The van der Waals surface area contributed by atoms with E-state index in [1.54, 1.807) is 0 Å². The summed E-state index contributed by atoms with van der Waals surface area (Å²) >= 11 is 6.56. The minimum absolute atomic E-state index is 0. The van der Waals surface area contributed by atoms with Crippen LogP contribution in [0.25, 0.3) is 0 Å². The highest BCUT2D eigenvalue weighted by Crippen LogP contribution is 2.25. The first-order valence-corrected chi connectivity index (χ1v) is 5.27. The molecule has 0 aromatic carbocycles. The Balaban J connectivity index is 0.00000169. The van der Waals surface area contributed by atoms with Gasteiger partial charge in [0.15, 0.2) is 0 Å². The molecule has 4 nitrogen and oxygen atoms in total. The van der Waals surface area contributed by atoms with E-state index in [-0.39, 0.29) is 14.0 Å². The highest BCUT2D eigenvalue weighted by atomic mass is 79.9. The van der Waals surface area contributed by atoms with E-state index in [2.05, 4.69) is 37.0 Å². The number of hydrogen-bond donors (Lipinski definition) is 1. The summed E-state index contributed by atoms with van der Waals surface area (Å²) in [5.74, 6) is -0.904. The van der Waals surface area contributed by atoms with E-state index in [1.165, 1.54) is 4.68 Å². The first kappa shape index (κ1) is 13.6. The lowest BCUT2D eigenvalue weighted by Crippen LogP contribution is -2.10. The molecular weight excluding hydrogens is 316 g/mol. The van der Waals surface area contributed by atoms with Crippen LogP contribution >= 0.6 is 31.9 Å². The average Bonchev–Trinajstić information content (AvgIpc) is 2.26. The summed E-state index contributed by atoms with van der Waals surface area (Å²) in [6, 6.07) is 0. The lowest BCUT2D eigenvalue weighted by molar-refractivity contribution is -0.137. The Hall–Kier alpha value is -0.360. The molecule has 0 atom stereocenters. The minimum atomic E-state index is -0.904. The van der Waals surface area contributed by atoms with Crippen molar-refractivity contribution in [3.05, 3.63) is 14.8 Å². The van der Waals surface area contributed by atoms with Crippen LogP contribution in [0, 0.1) is 0 Å². The summed E-state index contributed by atoms with van der Waals surface area (Å²) in [5.41, 5.74) is 0.987. The molecule has 0 bridgehead atoms. The first-order valence-electron chi connectivity index (χ1n) is 3.68. The zero-order valence-electron chi connectivity index (χ0n) is 6.92. The maximum Gasteiger partial charge on any atom is 0.325 e. The van der Waals surface area contributed by atoms with Crippen molar-refractivity contribution in [2.75, 3.05) is 0 Å². The molecule has 6 heteroatoms. The molecule has 1 aromatic heterocycles. The first-order chi connectivity index (χ1) is 6.06. The molecule has 0 aliphatic heterocycles. The SMILES string of the molecule is C.CCc1c(Br)nn(CC(=O)O)c1Br. The van der Waals surface area contributed by atoms with Crippen LogP contribution in [0.3, 0.4) is 0 Å². The smallest absolute Gasteiger partial charge is 0.325 e. The van der Waals surface area contributed by atoms with Crippen molar-refractivity contribution in [2.45, 2.75) is 27.3 Å². The lowest BCUT2D eigenvalue weighted by Gasteiger charge is -1.97. The summed E-state index contributed by atoms with van der Waals surface area (Å²) < 4.78 is 2.83. The number of hydrogen-bond acceptors (Lipinski definition) is 2. The van der Waals surface area contributed by atoms with Gasteiger partial charge < -0.3 is 5.11 Å². The van der Waals surface area contributed by atoms with Crippen molar-refractivity contribution in [3.63, 3.8) is 0 Å². The van der Waals surface area contributed by atoms with Gasteiger partial charge in [-0.15, -0.1) is 0 Å². The number of carboxylic acid groups (broad SMARTS) is 1. The van der Waals surface area contributed by atoms with Gasteiger partial charge >= 0.3 is 5.97 Å². The van der Waals surface area contributed by atoms with E-state index in [0.29, 0.717) is 4.60 Å². The molecule has 0 fully saturated rings. The Morgan fingerprint density at radius 1 is 1.57 bits per heavy atom. The summed E-state index contributed by atoms with van der Waals surface area (Å²) in [4.78, 5) is 10.4. The summed E-state index contributed by atoms with van der Waals surface area (Å²) in [6.07, 6.45) is 0.806. The van der Waals surface area contributed by atoms with Crippen LogP contribution in [0.15, 0.2) is 9.21 Å². The Kier molecular flexibility index (Phi) is 5.36. The van der Waals surface area contributed by atoms with E-state index in [1.807, 2.05) is 6.92 Å². The van der Waals surface area contributed by atoms with E-state index in [9.17, 15) is 4.79 Å². The average molecular weight is 328 g/mol. The highest BCUT2D eigenvalue weighted by molar-refractivity contribution is 9.11. The van der Waals surface area contributed by atoms with Gasteiger partial charge in [-0.3, -0.25) is 4.79 Å². The topological polar surface area (TPSA) is 55.1 Å². The van der Waals surface area contributed by atoms with Crippen LogP contribution in [0.5, 0.6) is 0 Å². The molecule has 0 unspecified atom stereocenters. The quantitative estimate of drug-likeness (QED) is 0.928. The van der Waals surface area contributed by atoms with Crippen LogP contribution in [-0.4, -0.2) is 20.9 Å². The van der Waals surface area contributed by atoms with Crippen LogP contribution in [-0.2, 0) is 17.8 Å². The van der Waals surface area contributed by atoms with Crippen molar-refractivity contribution in [3.8, 4) is 0 Å². The van der Waals surface area contributed by atoms with Gasteiger partial charge in [0.2, 0.25) is 0 Å². The molecule has 1 rings (SSSR count). The standard InChI is InChI=1S/C7H8Br2N2O2.CH4/c1-2-4-6(8)10-11(7(4)9)3-5(12)13;/h2-3H2,1H3,(H,12,13);1H4. The number of halogens is 2. The predicted molar refractivity (Wildman–Crippen MR) is 61.4 cm³/mol.